The van der Waals surface area contributed by atoms with Gasteiger partial charge in [-0.3, -0.25) is 9.69 Å². The van der Waals surface area contributed by atoms with Gasteiger partial charge in [0.25, 0.3) is 0 Å². The summed E-state index contributed by atoms with van der Waals surface area (Å²) in [6, 6.07) is 4.83. The fraction of sp³-hybridized carbons (Fsp3) is 0.688. The van der Waals surface area contributed by atoms with E-state index >= 15 is 0 Å². The molecule has 1 amide bonds. The van der Waals surface area contributed by atoms with Gasteiger partial charge in [-0.1, -0.05) is 0 Å². The van der Waals surface area contributed by atoms with E-state index in [2.05, 4.69) is 36.2 Å². The number of nitrogens with one attached hydrogen (secondary N) is 1. The second-order valence-electron chi connectivity index (χ2n) is 6.10. The Morgan fingerprint density at radius 1 is 1.33 bits per heavy atom. The van der Waals surface area contributed by atoms with Gasteiger partial charge in [0.15, 0.2) is 0 Å². The van der Waals surface area contributed by atoms with Crippen LogP contribution in [0.2, 0.25) is 0 Å². The summed E-state index contributed by atoms with van der Waals surface area (Å²) in [5, 5.41) is 3.32. The second kappa shape index (κ2) is 6.46. The molecule has 116 valence electrons. The molecule has 0 saturated carbocycles. The average Bonchev–Trinajstić information content (AvgIpc) is 3.15. The van der Waals surface area contributed by atoms with Crippen LogP contribution in [0.25, 0.3) is 0 Å². The Balaban J connectivity index is 1.71. The van der Waals surface area contributed by atoms with Crippen molar-refractivity contribution in [2.75, 3.05) is 32.7 Å². The maximum atomic E-state index is 12.8. The maximum absolute atomic E-state index is 12.8. The van der Waals surface area contributed by atoms with Crippen LogP contribution < -0.4 is 5.32 Å². The molecule has 0 bridgehead atoms. The Hall–Kier alpha value is -0.910. The van der Waals surface area contributed by atoms with Gasteiger partial charge >= 0.3 is 0 Å². The molecule has 0 aliphatic carbocycles. The Bertz CT molecular complexity index is 495. The van der Waals surface area contributed by atoms with Gasteiger partial charge in [0.05, 0.1) is 6.04 Å². The van der Waals surface area contributed by atoms with E-state index in [1.54, 1.807) is 0 Å². The van der Waals surface area contributed by atoms with Crippen molar-refractivity contribution in [3.63, 3.8) is 0 Å². The fourth-order valence-electron chi connectivity index (χ4n) is 3.46. The third kappa shape index (κ3) is 3.15. The monoisotopic (exact) mass is 307 g/mol. The molecule has 2 saturated heterocycles. The zero-order valence-electron chi connectivity index (χ0n) is 13.0. The molecule has 2 aliphatic heterocycles. The molecule has 0 aromatic carbocycles. The highest BCUT2D eigenvalue weighted by Gasteiger charge is 2.37. The standard InChI is InChI=1S/C16H25N3OS/c1-12-5-6-15(21-12)13(2)19-9-3-4-14(19)16(20)18-10-7-17-8-11-18/h5-6,13-14,17H,3-4,7-11H2,1-2H3. The summed E-state index contributed by atoms with van der Waals surface area (Å²) in [6.45, 7) is 9.01. The van der Waals surface area contributed by atoms with Crippen LogP contribution in [0.15, 0.2) is 12.1 Å². The van der Waals surface area contributed by atoms with Gasteiger partial charge in [-0.15, -0.1) is 11.3 Å². The fourth-order valence-corrected chi connectivity index (χ4v) is 4.41. The Labute approximate surface area is 131 Å². The third-order valence-corrected chi connectivity index (χ3v) is 5.85. The van der Waals surface area contributed by atoms with Crippen LogP contribution in [-0.2, 0) is 4.79 Å². The molecule has 2 aliphatic rings. The van der Waals surface area contributed by atoms with E-state index in [-0.39, 0.29) is 6.04 Å². The highest BCUT2D eigenvalue weighted by molar-refractivity contribution is 7.12. The molecular weight excluding hydrogens is 282 g/mol. The molecule has 2 fully saturated rings. The zero-order chi connectivity index (χ0) is 14.8. The zero-order valence-corrected chi connectivity index (χ0v) is 13.8. The van der Waals surface area contributed by atoms with E-state index in [9.17, 15) is 4.79 Å². The highest BCUT2D eigenvalue weighted by Crippen LogP contribution is 2.33. The number of nitrogens with zero attached hydrogens (tertiary/aromatic N) is 2. The summed E-state index contributed by atoms with van der Waals surface area (Å²) < 4.78 is 0. The summed E-state index contributed by atoms with van der Waals surface area (Å²) in [4.78, 5) is 20.0. The summed E-state index contributed by atoms with van der Waals surface area (Å²) in [7, 11) is 0. The van der Waals surface area contributed by atoms with E-state index < -0.39 is 0 Å². The first kappa shape index (κ1) is 15.0. The van der Waals surface area contributed by atoms with Gasteiger partial charge in [0, 0.05) is 42.0 Å². The van der Waals surface area contributed by atoms with Crippen molar-refractivity contribution in [1.82, 2.24) is 15.1 Å². The van der Waals surface area contributed by atoms with E-state index in [0.717, 1.165) is 45.6 Å². The lowest BCUT2D eigenvalue weighted by Crippen LogP contribution is -2.52. The number of likely N-dealkylation sites (tertiary alicyclic amines) is 1. The molecule has 0 spiro atoms. The number of rotatable bonds is 3. The van der Waals surface area contributed by atoms with E-state index in [1.165, 1.54) is 9.75 Å². The van der Waals surface area contributed by atoms with Gasteiger partial charge in [-0.2, -0.15) is 0 Å². The highest BCUT2D eigenvalue weighted by atomic mass is 32.1. The minimum atomic E-state index is 0.0838. The topological polar surface area (TPSA) is 35.6 Å². The van der Waals surface area contributed by atoms with E-state index in [0.29, 0.717) is 11.9 Å². The molecule has 1 aromatic heterocycles. The quantitative estimate of drug-likeness (QED) is 0.928. The van der Waals surface area contributed by atoms with Gasteiger partial charge in [0.1, 0.15) is 0 Å². The molecule has 1 N–H and O–H groups in total. The number of hydrogen-bond donors (Lipinski definition) is 1. The number of thiophene rings is 1. The van der Waals surface area contributed by atoms with E-state index in [1.807, 2.05) is 16.2 Å². The summed E-state index contributed by atoms with van der Waals surface area (Å²) in [5.41, 5.74) is 0. The molecular formula is C16H25N3OS. The van der Waals surface area contributed by atoms with Gasteiger partial charge in [0.2, 0.25) is 5.91 Å². The Kier molecular flexibility index (Phi) is 4.62. The molecule has 4 nitrogen and oxygen atoms in total. The van der Waals surface area contributed by atoms with Crippen LogP contribution >= 0.6 is 11.3 Å². The smallest absolute Gasteiger partial charge is 0.240 e. The van der Waals surface area contributed by atoms with Crippen molar-refractivity contribution < 1.29 is 4.79 Å². The first-order valence-electron chi connectivity index (χ1n) is 7.98. The van der Waals surface area contributed by atoms with Gasteiger partial charge in [-0.05, 0) is 45.4 Å². The van der Waals surface area contributed by atoms with Gasteiger partial charge < -0.3 is 10.2 Å². The Morgan fingerprint density at radius 3 is 2.76 bits per heavy atom. The van der Waals surface area contributed by atoms with Crippen LogP contribution in [0.4, 0.5) is 0 Å². The first-order valence-corrected chi connectivity index (χ1v) is 8.80. The lowest BCUT2D eigenvalue weighted by atomic mass is 10.1. The molecule has 2 atom stereocenters. The third-order valence-electron chi connectivity index (χ3n) is 4.68. The summed E-state index contributed by atoms with van der Waals surface area (Å²) in [5.74, 6) is 0.342. The van der Waals surface area contributed by atoms with Crippen LogP contribution in [0.3, 0.4) is 0 Å². The van der Waals surface area contributed by atoms with E-state index in [4.69, 9.17) is 0 Å². The number of piperazine rings is 1. The van der Waals surface area contributed by atoms with Crippen molar-refractivity contribution in [3.8, 4) is 0 Å². The van der Waals surface area contributed by atoms with Crippen molar-refractivity contribution in [1.29, 1.82) is 0 Å². The average molecular weight is 307 g/mol. The van der Waals surface area contributed by atoms with Crippen molar-refractivity contribution in [2.45, 2.75) is 38.8 Å². The van der Waals surface area contributed by atoms with Gasteiger partial charge in [-0.25, -0.2) is 0 Å². The number of aryl methyl sites for hydroxylation is 1. The normalized spacial score (nSPS) is 25.2. The predicted octanol–water partition coefficient (Wildman–Crippen LogP) is 2.01. The number of carbonyl (C=O) groups excluding carboxylic acids is 1. The molecule has 0 radical (unpaired) electrons. The van der Waals surface area contributed by atoms with Crippen LogP contribution in [0.5, 0.6) is 0 Å². The SMILES string of the molecule is Cc1ccc(C(C)N2CCCC2C(=O)N2CCNCC2)s1. The number of hydrogen-bond acceptors (Lipinski definition) is 4. The Morgan fingerprint density at radius 2 is 2.10 bits per heavy atom. The minimum absolute atomic E-state index is 0.0838. The van der Waals surface area contributed by atoms with Crippen molar-refractivity contribution in [2.24, 2.45) is 0 Å². The lowest BCUT2D eigenvalue weighted by molar-refractivity contribution is -0.137. The van der Waals surface area contributed by atoms with Crippen LogP contribution in [0, 0.1) is 6.92 Å². The first-order chi connectivity index (χ1) is 10.2. The van der Waals surface area contributed by atoms with Crippen LogP contribution in [0.1, 0.15) is 35.6 Å². The number of carbonyl (C=O) groups is 1. The largest absolute Gasteiger partial charge is 0.339 e. The minimum Gasteiger partial charge on any atom is -0.339 e. The predicted molar refractivity (Wildman–Crippen MR) is 86.6 cm³/mol. The molecule has 1 aromatic rings. The number of amides is 1. The second-order valence-corrected chi connectivity index (χ2v) is 7.42. The molecule has 2 unspecified atom stereocenters. The van der Waals surface area contributed by atoms with Crippen molar-refractivity contribution in [3.05, 3.63) is 21.9 Å². The molecule has 3 heterocycles. The van der Waals surface area contributed by atoms with Crippen molar-refractivity contribution >= 4 is 17.2 Å². The molecule has 3 rings (SSSR count). The van der Waals surface area contributed by atoms with Crippen LogP contribution in [-0.4, -0.2) is 54.5 Å². The lowest BCUT2D eigenvalue weighted by Gasteiger charge is -2.35. The molecule has 21 heavy (non-hydrogen) atoms. The molecule has 5 heteroatoms. The summed E-state index contributed by atoms with van der Waals surface area (Å²) >= 11 is 1.86. The maximum Gasteiger partial charge on any atom is 0.240 e. The summed E-state index contributed by atoms with van der Waals surface area (Å²) in [6.07, 6.45) is 2.15.